The van der Waals surface area contributed by atoms with Crippen LogP contribution in [0.2, 0.25) is 0 Å². The van der Waals surface area contributed by atoms with Crippen molar-refractivity contribution in [2.45, 2.75) is 37.9 Å². The fraction of sp³-hybridized carbons (Fsp3) is 0.316. The minimum Gasteiger partial charge on any atom is -0.320 e. The summed E-state index contributed by atoms with van der Waals surface area (Å²) in [7, 11) is 0. The van der Waals surface area contributed by atoms with E-state index in [2.05, 4.69) is 15.4 Å². The SMILES string of the molecule is O=C(Nc1cc2cn(C3CCC3)nc2cc1C(F)F)c1cccc(C(F)(F)F)n1. The molecule has 1 aliphatic rings. The molecule has 0 radical (unpaired) electrons. The molecule has 152 valence electrons. The molecule has 1 aromatic carbocycles. The van der Waals surface area contributed by atoms with E-state index < -0.39 is 35.5 Å². The zero-order chi connectivity index (χ0) is 20.8. The third-order valence-electron chi connectivity index (χ3n) is 4.90. The van der Waals surface area contributed by atoms with Crippen molar-refractivity contribution in [1.29, 1.82) is 0 Å². The normalized spacial score (nSPS) is 15.0. The zero-order valence-corrected chi connectivity index (χ0v) is 14.9. The van der Waals surface area contributed by atoms with Gasteiger partial charge in [0.25, 0.3) is 12.3 Å². The van der Waals surface area contributed by atoms with Crippen LogP contribution in [0.5, 0.6) is 0 Å². The summed E-state index contributed by atoms with van der Waals surface area (Å²) in [6.45, 7) is 0. The first-order chi connectivity index (χ1) is 13.7. The van der Waals surface area contributed by atoms with Crippen LogP contribution in [0.15, 0.2) is 36.5 Å². The lowest BCUT2D eigenvalue weighted by Gasteiger charge is -2.25. The molecule has 10 heteroatoms. The van der Waals surface area contributed by atoms with Gasteiger partial charge in [0.1, 0.15) is 11.4 Å². The number of carbonyl (C=O) groups is 1. The van der Waals surface area contributed by atoms with Crippen molar-refractivity contribution in [2.75, 3.05) is 5.32 Å². The van der Waals surface area contributed by atoms with Crippen LogP contribution in [0.3, 0.4) is 0 Å². The second kappa shape index (κ2) is 7.09. The first-order valence-corrected chi connectivity index (χ1v) is 8.89. The molecule has 29 heavy (non-hydrogen) atoms. The molecular formula is C19H15F5N4O. The van der Waals surface area contributed by atoms with E-state index in [0.29, 0.717) is 10.9 Å². The van der Waals surface area contributed by atoms with Gasteiger partial charge >= 0.3 is 6.18 Å². The number of fused-ring (bicyclic) bond motifs is 1. The molecule has 2 aromatic heterocycles. The number of rotatable bonds is 4. The Morgan fingerprint density at radius 3 is 2.59 bits per heavy atom. The maximum Gasteiger partial charge on any atom is 0.433 e. The second-order valence-corrected chi connectivity index (χ2v) is 6.85. The maximum absolute atomic E-state index is 13.5. The van der Waals surface area contributed by atoms with Crippen LogP contribution in [-0.4, -0.2) is 20.7 Å². The van der Waals surface area contributed by atoms with Crippen LogP contribution in [0.4, 0.5) is 27.6 Å². The molecule has 0 aliphatic heterocycles. The standard InChI is InChI=1S/C19H15F5N4O/c20-17(21)12-8-14-10(9-28(27-14)11-3-1-4-11)7-15(12)26-18(29)13-5-2-6-16(25-13)19(22,23)24/h2,5-9,11,17H,1,3-4H2,(H,26,29). The highest BCUT2D eigenvalue weighted by molar-refractivity contribution is 6.04. The molecule has 0 spiro atoms. The van der Waals surface area contributed by atoms with Gasteiger partial charge in [-0.1, -0.05) is 6.07 Å². The van der Waals surface area contributed by atoms with Crippen molar-refractivity contribution in [3.63, 3.8) is 0 Å². The van der Waals surface area contributed by atoms with Crippen molar-refractivity contribution in [1.82, 2.24) is 14.8 Å². The Labute approximate surface area is 161 Å². The molecule has 1 amide bonds. The first-order valence-electron chi connectivity index (χ1n) is 8.89. The molecule has 2 heterocycles. The fourth-order valence-corrected chi connectivity index (χ4v) is 3.14. The Hall–Kier alpha value is -3.04. The molecule has 5 nitrogen and oxygen atoms in total. The number of pyridine rings is 1. The van der Waals surface area contributed by atoms with E-state index in [1.54, 1.807) is 10.9 Å². The van der Waals surface area contributed by atoms with Crippen LogP contribution in [-0.2, 0) is 6.18 Å². The van der Waals surface area contributed by atoms with Crippen molar-refractivity contribution in [3.8, 4) is 0 Å². The second-order valence-electron chi connectivity index (χ2n) is 6.85. The Bertz CT molecular complexity index is 1070. The molecule has 3 aromatic rings. The summed E-state index contributed by atoms with van der Waals surface area (Å²) in [5.74, 6) is -1.01. The minimum atomic E-state index is -4.72. The smallest absolute Gasteiger partial charge is 0.320 e. The molecule has 0 saturated heterocycles. The highest BCUT2D eigenvalue weighted by atomic mass is 19.4. The lowest BCUT2D eigenvalue weighted by molar-refractivity contribution is -0.141. The number of anilines is 1. The number of nitrogens with one attached hydrogen (secondary N) is 1. The van der Waals surface area contributed by atoms with Crippen LogP contribution < -0.4 is 5.32 Å². The number of halogens is 5. The van der Waals surface area contributed by atoms with E-state index in [9.17, 15) is 26.7 Å². The Morgan fingerprint density at radius 2 is 1.97 bits per heavy atom. The quantitative estimate of drug-likeness (QED) is 0.589. The summed E-state index contributed by atoms with van der Waals surface area (Å²) in [5, 5.41) is 7.14. The number of aromatic nitrogens is 3. The van der Waals surface area contributed by atoms with Crippen LogP contribution in [0.1, 0.15) is 53.5 Å². The Balaban J connectivity index is 1.67. The Kier molecular flexibility index (Phi) is 4.71. The van der Waals surface area contributed by atoms with Gasteiger partial charge in [-0.05, 0) is 43.5 Å². The lowest BCUT2D eigenvalue weighted by Crippen LogP contribution is -2.17. The highest BCUT2D eigenvalue weighted by Gasteiger charge is 2.33. The van der Waals surface area contributed by atoms with E-state index in [0.717, 1.165) is 37.5 Å². The van der Waals surface area contributed by atoms with Gasteiger partial charge in [0, 0.05) is 17.1 Å². The van der Waals surface area contributed by atoms with Gasteiger partial charge in [0.15, 0.2) is 0 Å². The average Bonchev–Trinajstić information content (AvgIpc) is 3.00. The fourth-order valence-electron chi connectivity index (χ4n) is 3.14. The van der Waals surface area contributed by atoms with Gasteiger partial charge in [-0.2, -0.15) is 18.3 Å². The third-order valence-corrected chi connectivity index (χ3v) is 4.90. The number of hydrogen-bond donors (Lipinski definition) is 1. The van der Waals surface area contributed by atoms with Crippen molar-refractivity contribution >= 4 is 22.5 Å². The first kappa shape index (κ1) is 19.3. The maximum atomic E-state index is 13.5. The van der Waals surface area contributed by atoms with Crippen LogP contribution >= 0.6 is 0 Å². The lowest BCUT2D eigenvalue weighted by atomic mass is 9.93. The number of nitrogens with zero attached hydrogens (tertiary/aromatic N) is 3. The van der Waals surface area contributed by atoms with E-state index in [1.807, 2.05) is 0 Å². The van der Waals surface area contributed by atoms with Crippen molar-refractivity contribution < 1.29 is 26.7 Å². The van der Waals surface area contributed by atoms with E-state index in [1.165, 1.54) is 12.1 Å². The van der Waals surface area contributed by atoms with Crippen LogP contribution in [0, 0.1) is 0 Å². The summed E-state index contributed by atoms with van der Waals surface area (Å²) >= 11 is 0. The molecule has 4 rings (SSSR count). The van der Waals surface area contributed by atoms with E-state index in [-0.39, 0.29) is 11.7 Å². The zero-order valence-electron chi connectivity index (χ0n) is 14.9. The number of amides is 1. The molecular weight excluding hydrogens is 395 g/mol. The topological polar surface area (TPSA) is 59.8 Å². The van der Waals surface area contributed by atoms with E-state index in [4.69, 9.17) is 0 Å². The predicted octanol–water partition coefficient (Wildman–Crippen LogP) is 5.37. The number of alkyl halides is 5. The van der Waals surface area contributed by atoms with E-state index >= 15 is 0 Å². The summed E-state index contributed by atoms with van der Waals surface area (Å²) in [4.78, 5) is 15.6. The molecule has 1 aliphatic carbocycles. The van der Waals surface area contributed by atoms with Gasteiger partial charge in [-0.3, -0.25) is 9.48 Å². The predicted molar refractivity (Wildman–Crippen MR) is 94.8 cm³/mol. The van der Waals surface area contributed by atoms with Gasteiger partial charge < -0.3 is 5.32 Å². The molecule has 0 atom stereocenters. The number of hydrogen-bond acceptors (Lipinski definition) is 3. The molecule has 0 bridgehead atoms. The van der Waals surface area contributed by atoms with Gasteiger partial charge in [0.05, 0.1) is 17.2 Å². The molecule has 1 fully saturated rings. The van der Waals surface area contributed by atoms with Gasteiger partial charge in [-0.15, -0.1) is 0 Å². The van der Waals surface area contributed by atoms with Gasteiger partial charge in [-0.25, -0.2) is 13.8 Å². The van der Waals surface area contributed by atoms with Crippen LogP contribution in [0.25, 0.3) is 10.9 Å². The van der Waals surface area contributed by atoms with Crippen molar-refractivity contribution in [3.05, 3.63) is 53.5 Å². The van der Waals surface area contributed by atoms with Gasteiger partial charge in [0.2, 0.25) is 0 Å². The summed E-state index contributed by atoms with van der Waals surface area (Å²) in [6, 6.07) is 5.60. The third kappa shape index (κ3) is 3.79. The summed E-state index contributed by atoms with van der Waals surface area (Å²) in [6.07, 6.45) is -2.92. The minimum absolute atomic E-state index is 0.190. The summed E-state index contributed by atoms with van der Waals surface area (Å²) in [5.41, 5.74) is -2.05. The Morgan fingerprint density at radius 1 is 1.21 bits per heavy atom. The summed E-state index contributed by atoms with van der Waals surface area (Å²) < 4.78 is 67.2. The highest BCUT2D eigenvalue weighted by Crippen LogP contribution is 2.35. The molecule has 1 saturated carbocycles. The molecule has 0 unspecified atom stereocenters. The largest absolute Gasteiger partial charge is 0.433 e. The number of benzene rings is 1. The monoisotopic (exact) mass is 410 g/mol. The number of carbonyl (C=O) groups excluding carboxylic acids is 1. The average molecular weight is 410 g/mol. The van der Waals surface area contributed by atoms with Crippen molar-refractivity contribution in [2.24, 2.45) is 0 Å². The molecule has 1 N–H and O–H groups in total.